The SMILES string of the molecule is COc1ccc(C(=O)C2CCN(C(=O)C3CC(=O)Nc4ccccc43)CC2)cc1. The summed E-state index contributed by atoms with van der Waals surface area (Å²) in [5.74, 6) is 0.137. The van der Waals surface area contributed by atoms with Gasteiger partial charge in [-0.15, -0.1) is 0 Å². The van der Waals surface area contributed by atoms with Gasteiger partial charge in [-0.1, -0.05) is 18.2 Å². The Balaban J connectivity index is 1.41. The second kappa shape index (κ2) is 8.07. The highest BCUT2D eigenvalue weighted by Gasteiger charge is 2.35. The molecule has 2 amide bonds. The number of ketones is 1. The van der Waals surface area contributed by atoms with Crippen molar-refractivity contribution in [1.29, 1.82) is 0 Å². The van der Waals surface area contributed by atoms with Gasteiger partial charge in [0.25, 0.3) is 0 Å². The fourth-order valence-corrected chi connectivity index (χ4v) is 4.21. The summed E-state index contributed by atoms with van der Waals surface area (Å²) < 4.78 is 5.14. The number of hydrogen-bond acceptors (Lipinski definition) is 4. The molecule has 1 fully saturated rings. The lowest BCUT2D eigenvalue weighted by Gasteiger charge is -2.35. The second-order valence-corrected chi connectivity index (χ2v) is 7.58. The number of ether oxygens (including phenoxy) is 1. The zero-order valence-electron chi connectivity index (χ0n) is 16.4. The predicted octanol–water partition coefficient (Wildman–Crippen LogP) is 3.24. The third-order valence-corrected chi connectivity index (χ3v) is 5.85. The summed E-state index contributed by atoms with van der Waals surface area (Å²) in [6.45, 7) is 1.07. The smallest absolute Gasteiger partial charge is 0.230 e. The lowest BCUT2D eigenvalue weighted by Crippen LogP contribution is -2.44. The molecule has 2 aromatic rings. The van der Waals surface area contributed by atoms with E-state index in [2.05, 4.69) is 5.32 Å². The van der Waals surface area contributed by atoms with Crippen molar-refractivity contribution < 1.29 is 19.1 Å². The van der Waals surface area contributed by atoms with Gasteiger partial charge in [-0.05, 0) is 48.7 Å². The summed E-state index contributed by atoms with van der Waals surface area (Å²) in [5.41, 5.74) is 2.26. The van der Waals surface area contributed by atoms with Crippen LogP contribution in [-0.2, 0) is 9.59 Å². The Hall–Kier alpha value is -3.15. The van der Waals surface area contributed by atoms with Gasteiger partial charge in [0.15, 0.2) is 5.78 Å². The minimum Gasteiger partial charge on any atom is -0.497 e. The second-order valence-electron chi connectivity index (χ2n) is 7.58. The largest absolute Gasteiger partial charge is 0.497 e. The summed E-state index contributed by atoms with van der Waals surface area (Å²) >= 11 is 0. The molecule has 0 aromatic heterocycles. The lowest BCUT2D eigenvalue weighted by molar-refractivity contribution is -0.136. The number of rotatable bonds is 4. The van der Waals surface area contributed by atoms with Crippen LogP contribution in [0, 0.1) is 5.92 Å². The van der Waals surface area contributed by atoms with E-state index < -0.39 is 5.92 Å². The molecule has 2 heterocycles. The zero-order chi connectivity index (χ0) is 20.4. The molecule has 1 unspecified atom stereocenters. The molecule has 2 aliphatic heterocycles. The number of amides is 2. The maximum absolute atomic E-state index is 13.1. The summed E-state index contributed by atoms with van der Waals surface area (Å²) in [6, 6.07) is 14.6. The molecule has 2 aliphatic rings. The molecule has 1 N–H and O–H groups in total. The highest BCUT2D eigenvalue weighted by Crippen LogP contribution is 2.34. The molecular weight excluding hydrogens is 368 g/mol. The third-order valence-electron chi connectivity index (χ3n) is 5.85. The molecule has 0 radical (unpaired) electrons. The number of carbonyl (C=O) groups is 3. The first-order valence-corrected chi connectivity index (χ1v) is 9.92. The van der Waals surface area contributed by atoms with Crippen LogP contribution in [0.5, 0.6) is 5.75 Å². The number of Topliss-reactive ketones (excluding diaryl/α,β-unsaturated/α-hetero) is 1. The molecule has 0 aliphatic carbocycles. The molecule has 0 saturated carbocycles. The Morgan fingerprint density at radius 1 is 1.03 bits per heavy atom. The Bertz CT molecular complexity index is 930. The quantitative estimate of drug-likeness (QED) is 0.811. The Morgan fingerprint density at radius 3 is 2.41 bits per heavy atom. The molecule has 0 spiro atoms. The number of para-hydroxylation sites is 1. The van der Waals surface area contributed by atoms with Crippen LogP contribution in [-0.4, -0.2) is 42.7 Å². The molecule has 150 valence electrons. The van der Waals surface area contributed by atoms with E-state index in [0.717, 1.165) is 11.3 Å². The molecule has 1 saturated heterocycles. The number of hydrogen-bond donors (Lipinski definition) is 1. The molecule has 6 nitrogen and oxygen atoms in total. The van der Waals surface area contributed by atoms with Crippen LogP contribution in [0.2, 0.25) is 0 Å². The van der Waals surface area contributed by atoms with Crippen LogP contribution >= 0.6 is 0 Å². The van der Waals surface area contributed by atoms with Gasteiger partial charge in [0.2, 0.25) is 11.8 Å². The van der Waals surface area contributed by atoms with Crippen molar-refractivity contribution in [3.8, 4) is 5.75 Å². The highest BCUT2D eigenvalue weighted by atomic mass is 16.5. The number of nitrogens with zero attached hydrogens (tertiary/aromatic N) is 1. The maximum atomic E-state index is 13.1. The van der Waals surface area contributed by atoms with E-state index in [1.165, 1.54) is 0 Å². The van der Waals surface area contributed by atoms with Crippen molar-refractivity contribution in [1.82, 2.24) is 4.90 Å². The van der Waals surface area contributed by atoms with Gasteiger partial charge in [0.05, 0.1) is 13.0 Å². The molecule has 0 bridgehead atoms. The summed E-state index contributed by atoms with van der Waals surface area (Å²) in [6.07, 6.45) is 1.44. The average molecular weight is 392 g/mol. The Morgan fingerprint density at radius 2 is 1.72 bits per heavy atom. The van der Waals surface area contributed by atoms with E-state index in [1.54, 1.807) is 36.3 Å². The van der Waals surface area contributed by atoms with Gasteiger partial charge in [-0.25, -0.2) is 0 Å². The number of fused-ring (bicyclic) bond motifs is 1. The van der Waals surface area contributed by atoms with E-state index in [4.69, 9.17) is 4.74 Å². The molecular formula is C23H24N2O4. The number of benzene rings is 2. The van der Waals surface area contributed by atoms with Crippen molar-refractivity contribution in [2.24, 2.45) is 5.92 Å². The number of nitrogens with one attached hydrogen (secondary N) is 1. The third kappa shape index (κ3) is 3.88. The first kappa shape index (κ1) is 19.2. The van der Waals surface area contributed by atoms with Crippen molar-refractivity contribution in [3.05, 3.63) is 59.7 Å². The van der Waals surface area contributed by atoms with E-state index >= 15 is 0 Å². The average Bonchev–Trinajstić information content (AvgIpc) is 2.77. The molecule has 2 aromatic carbocycles. The Labute approximate surface area is 169 Å². The number of piperidine rings is 1. The fourth-order valence-electron chi connectivity index (χ4n) is 4.21. The standard InChI is InChI=1S/C23H24N2O4/c1-29-17-8-6-15(7-9-17)22(27)16-10-12-25(13-11-16)23(28)19-14-21(26)24-20-5-3-2-4-18(19)20/h2-9,16,19H,10-14H2,1H3,(H,24,26). The van der Waals surface area contributed by atoms with E-state index in [9.17, 15) is 14.4 Å². The van der Waals surface area contributed by atoms with Gasteiger partial charge in [-0.2, -0.15) is 0 Å². The maximum Gasteiger partial charge on any atom is 0.230 e. The molecule has 6 heteroatoms. The fraction of sp³-hybridized carbons (Fsp3) is 0.348. The molecule has 4 rings (SSSR count). The molecule has 1 atom stereocenters. The summed E-state index contributed by atoms with van der Waals surface area (Å²) in [5, 5.41) is 2.83. The highest BCUT2D eigenvalue weighted by molar-refractivity contribution is 6.01. The van der Waals surface area contributed by atoms with Crippen LogP contribution < -0.4 is 10.1 Å². The monoisotopic (exact) mass is 392 g/mol. The number of anilines is 1. The number of methoxy groups -OCH3 is 1. The van der Waals surface area contributed by atoms with Crippen LogP contribution in [0.25, 0.3) is 0 Å². The van der Waals surface area contributed by atoms with Crippen LogP contribution in [0.1, 0.15) is 41.1 Å². The number of carbonyl (C=O) groups excluding carboxylic acids is 3. The van der Waals surface area contributed by atoms with Gasteiger partial charge in [-0.3, -0.25) is 14.4 Å². The Kier molecular flexibility index (Phi) is 5.34. The summed E-state index contributed by atoms with van der Waals surface area (Å²) in [4.78, 5) is 39.7. The summed E-state index contributed by atoms with van der Waals surface area (Å²) in [7, 11) is 1.60. The van der Waals surface area contributed by atoms with Gasteiger partial charge in [0, 0.05) is 36.7 Å². The van der Waals surface area contributed by atoms with Crippen LogP contribution in [0.15, 0.2) is 48.5 Å². The first-order valence-electron chi connectivity index (χ1n) is 9.92. The predicted molar refractivity (Wildman–Crippen MR) is 109 cm³/mol. The molecule has 29 heavy (non-hydrogen) atoms. The number of likely N-dealkylation sites (tertiary alicyclic amines) is 1. The van der Waals surface area contributed by atoms with E-state index in [-0.39, 0.29) is 29.9 Å². The van der Waals surface area contributed by atoms with Gasteiger partial charge in [0.1, 0.15) is 5.75 Å². The topological polar surface area (TPSA) is 75.7 Å². The van der Waals surface area contributed by atoms with Gasteiger partial charge >= 0.3 is 0 Å². The zero-order valence-corrected chi connectivity index (χ0v) is 16.4. The van der Waals surface area contributed by atoms with E-state index in [0.29, 0.717) is 37.2 Å². The lowest BCUT2D eigenvalue weighted by atomic mass is 9.86. The minimum atomic E-state index is -0.450. The van der Waals surface area contributed by atoms with Crippen molar-refractivity contribution >= 4 is 23.3 Å². The van der Waals surface area contributed by atoms with Crippen LogP contribution in [0.4, 0.5) is 5.69 Å². The van der Waals surface area contributed by atoms with Crippen LogP contribution in [0.3, 0.4) is 0 Å². The minimum absolute atomic E-state index is 0.0253. The van der Waals surface area contributed by atoms with Gasteiger partial charge < -0.3 is 15.0 Å². The first-order chi connectivity index (χ1) is 14.1. The normalized spacial score (nSPS) is 19.3. The van der Waals surface area contributed by atoms with E-state index in [1.807, 2.05) is 24.3 Å². The van der Waals surface area contributed by atoms with Crippen molar-refractivity contribution in [2.45, 2.75) is 25.2 Å². The van der Waals surface area contributed by atoms with Crippen molar-refractivity contribution in [2.75, 3.05) is 25.5 Å². The van der Waals surface area contributed by atoms with Crippen molar-refractivity contribution in [3.63, 3.8) is 0 Å².